The van der Waals surface area contributed by atoms with Crippen LogP contribution < -0.4 is 10.1 Å². The molecule has 5 heteroatoms. The Morgan fingerprint density at radius 3 is 2.95 bits per heavy atom. The number of benzene rings is 1. The maximum absolute atomic E-state index is 11.2. The fraction of sp³-hybridized carbons (Fsp3) is 0.375. The minimum absolute atomic E-state index is 0.0978. The molecule has 2 N–H and O–H groups in total. The van der Waals surface area contributed by atoms with E-state index in [-0.39, 0.29) is 6.61 Å². The number of aliphatic carboxylic acids is 1. The van der Waals surface area contributed by atoms with Gasteiger partial charge in [-0.3, -0.25) is 10.1 Å². The number of ether oxygens (including phenoxy) is 1. The topological polar surface area (TPSA) is 71.5 Å². The average molecular weight is 286 g/mol. The number of fused-ring (bicyclic) bond motifs is 1. The number of carboxylic acids is 1. The van der Waals surface area contributed by atoms with Crippen molar-refractivity contribution < 1.29 is 14.6 Å². The lowest BCUT2D eigenvalue weighted by molar-refractivity contribution is -0.140. The molecule has 1 heterocycles. The van der Waals surface area contributed by atoms with Gasteiger partial charge >= 0.3 is 5.97 Å². The van der Waals surface area contributed by atoms with E-state index < -0.39 is 12.0 Å². The van der Waals surface area contributed by atoms with Gasteiger partial charge in [0, 0.05) is 17.1 Å². The summed E-state index contributed by atoms with van der Waals surface area (Å²) in [5, 5.41) is 13.3. The molecule has 1 aliphatic carbocycles. The molecule has 0 radical (unpaired) electrons. The van der Waals surface area contributed by atoms with Crippen LogP contribution in [0.3, 0.4) is 0 Å². The largest absolute Gasteiger partial charge is 0.489 e. The molecule has 1 atom stereocenters. The molecule has 1 unspecified atom stereocenters. The highest BCUT2D eigenvalue weighted by molar-refractivity contribution is 5.84. The van der Waals surface area contributed by atoms with Crippen LogP contribution in [0.15, 0.2) is 30.3 Å². The molecular formula is C16H18N2O3. The van der Waals surface area contributed by atoms with Crippen LogP contribution in [-0.4, -0.2) is 34.8 Å². The van der Waals surface area contributed by atoms with Crippen LogP contribution in [0.2, 0.25) is 0 Å². The zero-order valence-corrected chi connectivity index (χ0v) is 11.9. The van der Waals surface area contributed by atoms with Crippen molar-refractivity contribution in [2.24, 2.45) is 0 Å². The maximum atomic E-state index is 11.2. The van der Waals surface area contributed by atoms with Crippen molar-refractivity contribution in [3.63, 3.8) is 0 Å². The number of hydrogen-bond donors (Lipinski definition) is 2. The van der Waals surface area contributed by atoms with Crippen molar-refractivity contribution in [2.75, 3.05) is 6.61 Å². The maximum Gasteiger partial charge on any atom is 0.324 e. The van der Waals surface area contributed by atoms with E-state index in [1.807, 2.05) is 37.3 Å². The summed E-state index contributed by atoms with van der Waals surface area (Å²) in [7, 11) is 0. The molecule has 1 saturated carbocycles. The smallest absolute Gasteiger partial charge is 0.324 e. The molecule has 0 aliphatic heterocycles. The van der Waals surface area contributed by atoms with Gasteiger partial charge in [0.2, 0.25) is 0 Å². The van der Waals surface area contributed by atoms with Crippen LogP contribution in [0.25, 0.3) is 10.9 Å². The van der Waals surface area contributed by atoms with E-state index in [1.54, 1.807) is 0 Å². The number of nitrogens with one attached hydrogen (secondary N) is 1. The third-order valence-corrected chi connectivity index (χ3v) is 3.54. The van der Waals surface area contributed by atoms with Gasteiger partial charge in [0.15, 0.2) is 0 Å². The molecule has 0 amide bonds. The van der Waals surface area contributed by atoms with E-state index in [1.165, 1.54) is 0 Å². The second kappa shape index (κ2) is 5.69. The van der Waals surface area contributed by atoms with E-state index in [4.69, 9.17) is 4.74 Å². The average Bonchev–Trinajstić information content (AvgIpc) is 3.27. The molecule has 0 saturated heterocycles. The first kappa shape index (κ1) is 13.8. The summed E-state index contributed by atoms with van der Waals surface area (Å²) in [6.45, 7) is 2.02. The number of carboxylic acid groups (broad SMARTS) is 1. The van der Waals surface area contributed by atoms with Crippen LogP contribution in [0.4, 0.5) is 0 Å². The number of hydrogen-bond acceptors (Lipinski definition) is 4. The fourth-order valence-electron chi connectivity index (χ4n) is 2.23. The Morgan fingerprint density at radius 1 is 1.43 bits per heavy atom. The molecule has 110 valence electrons. The third kappa shape index (κ3) is 3.31. The minimum Gasteiger partial charge on any atom is -0.489 e. The molecule has 21 heavy (non-hydrogen) atoms. The molecule has 0 spiro atoms. The number of aryl methyl sites for hydroxylation is 1. The fourth-order valence-corrected chi connectivity index (χ4v) is 2.23. The van der Waals surface area contributed by atoms with Crippen molar-refractivity contribution in [3.05, 3.63) is 36.0 Å². The molecule has 1 aromatic heterocycles. The Hall–Kier alpha value is -2.14. The van der Waals surface area contributed by atoms with Crippen molar-refractivity contribution in [1.29, 1.82) is 0 Å². The van der Waals surface area contributed by atoms with E-state index in [2.05, 4.69) is 10.3 Å². The van der Waals surface area contributed by atoms with Crippen LogP contribution in [-0.2, 0) is 4.79 Å². The number of pyridine rings is 1. The van der Waals surface area contributed by atoms with Crippen LogP contribution in [0.1, 0.15) is 18.5 Å². The number of nitrogens with zero attached hydrogens (tertiary/aromatic N) is 1. The predicted molar refractivity (Wildman–Crippen MR) is 79.6 cm³/mol. The molecule has 1 fully saturated rings. The van der Waals surface area contributed by atoms with Gasteiger partial charge in [0.05, 0.1) is 0 Å². The minimum atomic E-state index is -0.883. The highest BCUT2D eigenvalue weighted by Crippen LogP contribution is 2.24. The first-order chi connectivity index (χ1) is 10.1. The summed E-state index contributed by atoms with van der Waals surface area (Å²) in [6.07, 6.45) is 2.08. The van der Waals surface area contributed by atoms with Crippen LogP contribution >= 0.6 is 0 Å². The molecule has 2 aromatic rings. The van der Waals surface area contributed by atoms with Crippen LogP contribution in [0.5, 0.6) is 5.75 Å². The molecule has 5 nitrogen and oxygen atoms in total. The second-order valence-corrected chi connectivity index (χ2v) is 5.42. The van der Waals surface area contributed by atoms with E-state index >= 15 is 0 Å². The normalized spacial score (nSPS) is 15.9. The van der Waals surface area contributed by atoms with Gasteiger partial charge in [0.25, 0.3) is 0 Å². The van der Waals surface area contributed by atoms with Gasteiger partial charge in [-0.1, -0.05) is 18.2 Å². The van der Waals surface area contributed by atoms with Crippen molar-refractivity contribution >= 4 is 16.9 Å². The number of aromatic nitrogens is 1. The quantitative estimate of drug-likeness (QED) is 0.851. The van der Waals surface area contributed by atoms with Crippen LogP contribution in [0, 0.1) is 6.92 Å². The van der Waals surface area contributed by atoms with Gasteiger partial charge in [-0.2, -0.15) is 0 Å². The molecular weight excluding hydrogens is 268 g/mol. The Kier molecular flexibility index (Phi) is 3.75. The zero-order chi connectivity index (χ0) is 14.8. The van der Waals surface area contributed by atoms with E-state index in [0.717, 1.165) is 29.4 Å². The monoisotopic (exact) mass is 286 g/mol. The summed E-state index contributed by atoms with van der Waals surface area (Å²) < 4.78 is 5.72. The highest BCUT2D eigenvalue weighted by Gasteiger charge is 2.28. The number of carbonyl (C=O) groups is 1. The predicted octanol–water partition coefficient (Wildman–Crippen LogP) is 2.13. The van der Waals surface area contributed by atoms with Gasteiger partial charge in [-0.15, -0.1) is 0 Å². The Morgan fingerprint density at radius 2 is 2.24 bits per heavy atom. The van der Waals surface area contributed by atoms with Crippen molar-refractivity contribution in [2.45, 2.75) is 31.8 Å². The second-order valence-electron chi connectivity index (χ2n) is 5.42. The van der Waals surface area contributed by atoms with Gasteiger partial charge < -0.3 is 9.84 Å². The zero-order valence-electron chi connectivity index (χ0n) is 11.9. The first-order valence-electron chi connectivity index (χ1n) is 7.11. The number of para-hydroxylation sites is 1. The van der Waals surface area contributed by atoms with E-state index in [0.29, 0.717) is 11.8 Å². The standard InChI is InChI=1S/C16H18N2O3/c1-10-5-6-11-3-2-4-14(15(11)17-10)21-9-13(16(19)20)18-12-7-8-12/h2-6,12-13,18H,7-9H2,1H3,(H,19,20). The van der Waals surface area contributed by atoms with Gasteiger partial charge in [-0.05, 0) is 31.9 Å². The lowest BCUT2D eigenvalue weighted by Gasteiger charge is -2.16. The summed E-state index contributed by atoms with van der Waals surface area (Å²) in [4.78, 5) is 15.7. The molecule has 0 bridgehead atoms. The molecule has 1 aromatic carbocycles. The van der Waals surface area contributed by atoms with Gasteiger partial charge in [0.1, 0.15) is 23.9 Å². The summed E-state index contributed by atoms with van der Waals surface area (Å²) in [5.74, 6) is -0.258. The third-order valence-electron chi connectivity index (χ3n) is 3.54. The summed E-state index contributed by atoms with van der Waals surface area (Å²) in [6, 6.07) is 9.25. The first-order valence-corrected chi connectivity index (χ1v) is 7.11. The summed E-state index contributed by atoms with van der Waals surface area (Å²) in [5.41, 5.74) is 1.68. The molecule has 3 rings (SSSR count). The van der Waals surface area contributed by atoms with E-state index in [9.17, 15) is 9.90 Å². The highest BCUT2D eigenvalue weighted by atomic mass is 16.5. The Labute approximate surface area is 123 Å². The van der Waals surface area contributed by atoms with Crippen molar-refractivity contribution in [1.82, 2.24) is 10.3 Å². The number of rotatable bonds is 6. The SMILES string of the molecule is Cc1ccc2cccc(OCC(NC3CC3)C(=O)O)c2n1. The Bertz CT molecular complexity index is 668. The lowest BCUT2D eigenvalue weighted by atomic mass is 10.2. The molecule has 1 aliphatic rings. The Balaban J connectivity index is 1.77. The lowest BCUT2D eigenvalue weighted by Crippen LogP contribution is -2.42. The van der Waals surface area contributed by atoms with Gasteiger partial charge in [-0.25, -0.2) is 4.98 Å². The summed E-state index contributed by atoms with van der Waals surface area (Å²) >= 11 is 0. The van der Waals surface area contributed by atoms with Crippen molar-refractivity contribution in [3.8, 4) is 5.75 Å².